The molecule has 2 heterocycles. The van der Waals surface area contributed by atoms with Gasteiger partial charge in [-0.3, -0.25) is 5.10 Å². The molecule has 29 heavy (non-hydrogen) atoms. The number of para-hydroxylation sites is 1. The molecule has 0 aliphatic rings. The van der Waals surface area contributed by atoms with Gasteiger partial charge < -0.3 is 14.2 Å². The quantitative estimate of drug-likeness (QED) is 0.454. The molecule has 0 spiro atoms. The van der Waals surface area contributed by atoms with Gasteiger partial charge in [0.25, 0.3) is 0 Å². The molecule has 0 radical (unpaired) electrons. The van der Waals surface area contributed by atoms with E-state index in [4.69, 9.17) is 14.2 Å². The predicted molar refractivity (Wildman–Crippen MR) is 110 cm³/mol. The van der Waals surface area contributed by atoms with Crippen LogP contribution in [0.5, 0.6) is 11.5 Å². The molecule has 0 saturated carbocycles. The zero-order valence-electron chi connectivity index (χ0n) is 16.0. The number of nitrogens with one attached hydrogen (secondary N) is 1. The molecular formula is C21H19N3O4S. The first kappa shape index (κ1) is 18.9. The molecule has 148 valence electrons. The number of benzene rings is 2. The first-order valence-corrected chi connectivity index (χ1v) is 9.93. The van der Waals surface area contributed by atoms with Gasteiger partial charge in [-0.1, -0.05) is 18.2 Å². The van der Waals surface area contributed by atoms with Crippen LogP contribution < -0.4 is 9.47 Å². The van der Waals surface area contributed by atoms with Crippen molar-refractivity contribution in [2.24, 2.45) is 0 Å². The van der Waals surface area contributed by atoms with E-state index in [-0.39, 0.29) is 12.3 Å². The minimum absolute atomic E-state index is 0.0741. The number of carbonyl (C=O) groups excluding carboxylic acids is 1. The number of aromatic nitrogens is 3. The van der Waals surface area contributed by atoms with Crippen LogP contribution in [0.3, 0.4) is 0 Å². The zero-order chi connectivity index (χ0) is 20.2. The average molecular weight is 409 g/mol. The summed E-state index contributed by atoms with van der Waals surface area (Å²) in [6.07, 6.45) is 0. The number of aromatic amines is 1. The largest absolute Gasteiger partial charge is 0.493 e. The van der Waals surface area contributed by atoms with Crippen molar-refractivity contribution >= 4 is 28.2 Å². The van der Waals surface area contributed by atoms with Crippen molar-refractivity contribution in [2.75, 3.05) is 13.7 Å². The van der Waals surface area contributed by atoms with Crippen LogP contribution in [0, 0.1) is 0 Å². The number of carbonyl (C=O) groups is 1. The highest BCUT2D eigenvalue weighted by atomic mass is 32.1. The maximum atomic E-state index is 12.4. The minimum atomic E-state index is -0.486. The molecule has 4 aromatic rings. The first-order valence-electron chi connectivity index (χ1n) is 9.05. The van der Waals surface area contributed by atoms with Gasteiger partial charge in [0, 0.05) is 16.3 Å². The number of nitrogens with zero attached hydrogens (tertiary/aromatic N) is 2. The Hall–Kier alpha value is -3.39. The Labute approximate surface area is 171 Å². The number of esters is 1. The van der Waals surface area contributed by atoms with Gasteiger partial charge in [0.2, 0.25) is 0 Å². The Kier molecular flexibility index (Phi) is 5.44. The summed E-state index contributed by atoms with van der Waals surface area (Å²) in [6.45, 7) is 2.56. The fraction of sp³-hybridized carbons (Fsp3) is 0.190. The Morgan fingerprint density at radius 3 is 2.86 bits per heavy atom. The van der Waals surface area contributed by atoms with Gasteiger partial charge in [-0.05, 0) is 31.2 Å². The molecule has 0 amide bonds. The van der Waals surface area contributed by atoms with Crippen LogP contribution >= 0.6 is 11.3 Å². The number of hydrogen-bond acceptors (Lipinski definition) is 7. The van der Waals surface area contributed by atoms with Gasteiger partial charge >= 0.3 is 5.97 Å². The number of hydrogen-bond donors (Lipinski definition) is 1. The Balaban J connectivity index is 1.46. The van der Waals surface area contributed by atoms with E-state index < -0.39 is 5.97 Å². The van der Waals surface area contributed by atoms with E-state index in [1.165, 1.54) is 11.3 Å². The summed E-state index contributed by atoms with van der Waals surface area (Å²) < 4.78 is 16.3. The molecule has 2 aromatic carbocycles. The van der Waals surface area contributed by atoms with Crippen LogP contribution in [0.2, 0.25) is 0 Å². The van der Waals surface area contributed by atoms with Crippen LogP contribution in [-0.2, 0) is 11.3 Å². The van der Waals surface area contributed by atoms with Crippen LogP contribution in [-0.4, -0.2) is 34.9 Å². The van der Waals surface area contributed by atoms with E-state index in [2.05, 4.69) is 15.2 Å². The Morgan fingerprint density at radius 1 is 1.17 bits per heavy atom. The molecule has 0 atom stereocenters. The number of methoxy groups -OCH3 is 1. The number of H-pyrrole nitrogens is 1. The highest BCUT2D eigenvalue weighted by molar-refractivity contribution is 7.13. The topological polar surface area (TPSA) is 86.3 Å². The number of fused-ring (bicyclic) bond motifs is 1. The molecule has 8 heteroatoms. The van der Waals surface area contributed by atoms with E-state index in [1.54, 1.807) is 7.11 Å². The summed E-state index contributed by atoms with van der Waals surface area (Å²) in [4.78, 5) is 17.0. The Morgan fingerprint density at radius 2 is 2.03 bits per heavy atom. The van der Waals surface area contributed by atoms with Gasteiger partial charge in [0.05, 0.1) is 24.9 Å². The number of thiazole rings is 1. The molecule has 2 aromatic heterocycles. The lowest BCUT2D eigenvalue weighted by Gasteiger charge is -2.09. The van der Waals surface area contributed by atoms with Crippen molar-refractivity contribution in [3.8, 4) is 22.1 Å². The summed E-state index contributed by atoms with van der Waals surface area (Å²) >= 11 is 1.47. The van der Waals surface area contributed by atoms with E-state index in [0.717, 1.165) is 21.5 Å². The lowest BCUT2D eigenvalue weighted by molar-refractivity contribution is 0.0464. The fourth-order valence-electron chi connectivity index (χ4n) is 2.91. The second-order valence-electron chi connectivity index (χ2n) is 6.14. The lowest BCUT2D eigenvalue weighted by atomic mass is 10.2. The molecule has 7 nitrogen and oxygen atoms in total. The summed E-state index contributed by atoms with van der Waals surface area (Å²) in [5, 5.41) is 10.3. The monoisotopic (exact) mass is 409 g/mol. The van der Waals surface area contributed by atoms with Gasteiger partial charge in [-0.15, -0.1) is 11.3 Å². The van der Waals surface area contributed by atoms with E-state index in [9.17, 15) is 4.79 Å². The minimum Gasteiger partial charge on any atom is -0.493 e. The maximum Gasteiger partial charge on any atom is 0.359 e. The van der Waals surface area contributed by atoms with Crippen molar-refractivity contribution in [1.82, 2.24) is 15.2 Å². The van der Waals surface area contributed by atoms with Gasteiger partial charge in [-0.25, -0.2) is 9.78 Å². The van der Waals surface area contributed by atoms with Crippen molar-refractivity contribution in [3.05, 3.63) is 59.2 Å². The third-order valence-corrected chi connectivity index (χ3v) is 5.22. The molecule has 0 aliphatic carbocycles. The standard InChI is InChI=1S/C21H19N3O4S/c1-3-27-17-9-8-13(10-18(17)26-2)20-22-14(12-29-20)11-28-21(25)19-15-6-4-5-7-16(15)23-24-19/h4-10,12H,3,11H2,1-2H3,(H,23,24). The summed E-state index contributed by atoms with van der Waals surface area (Å²) in [5.74, 6) is 0.855. The number of rotatable bonds is 7. The smallest absolute Gasteiger partial charge is 0.359 e. The molecule has 1 N–H and O–H groups in total. The van der Waals surface area contributed by atoms with Crippen LogP contribution in [0.15, 0.2) is 47.8 Å². The van der Waals surface area contributed by atoms with E-state index in [1.807, 2.05) is 54.8 Å². The van der Waals surface area contributed by atoms with Gasteiger partial charge in [0.1, 0.15) is 11.6 Å². The first-order chi connectivity index (χ1) is 14.2. The van der Waals surface area contributed by atoms with Crippen LogP contribution in [0.1, 0.15) is 23.1 Å². The maximum absolute atomic E-state index is 12.4. The Bertz CT molecular complexity index is 1150. The molecule has 0 bridgehead atoms. The fourth-order valence-corrected chi connectivity index (χ4v) is 3.71. The highest BCUT2D eigenvalue weighted by Crippen LogP contribution is 2.34. The third-order valence-electron chi connectivity index (χ3n) is 4.28. The molecule has 0 unspecified atom stereocenters. The van der Waals surface area contributed by atoms with Crippen LogP contribution in [0.25, 0.3) is 21.5 Å². The second kappa shape index (κ2) is 8.32. The normalized spacial score (nSPS) is 10.8. The van der Waals surface area contributed by atoms with Gasteiger partial charge in [-0.2, -0.15) is 5.10 Å². The number of ether oxygens (including phenoxy) is 3. The van der Waals surface area contributed by atoms with Crippen molar-refractivity contribution in [3.63, 3.8) is 0 Å². The molecule has 4 rings (SSSR count). The summed E-state index contributed by atoms with van der Waals surface area (Å²) in [5.41, 5.74) is 2.64. The molecule has 0 aliphatic heterocycles. The average Bonchev–Trinajstić information content (AvgIpc) is 3.40. The van der Waals surface area contributed by atoms with Crippen molar-refractivity contribution in [2.45, 2.75) is 13.5 Å². The van der Waals surface area contributed by atoms with E-state index in [0.29, 0.717) is 23.8 Å². The van der Waals surface area contributed by atoms with Crippen molar-refractivity contribution in [1.29, 1.82) is 0 Å². The SMILES string of the molecule is CCOc1ccc(-c2nc(COC(=O)c3n[nH]c4ccccc34)cs2)cc1OC. The summed E-state index contributed by atoms with van der Waals surface area (Å²) in [6, 6.07) is 13.1. The van der Waals surface area contributed by atoms with Gasteiger partial charge in [0.15, 0.2) is 17.2 Å². The van der Waals surface area contributed by atoms with Crippen LogP contribution in [0.4, 0.5) is 0 Å². The lowest BCUT2D eigenvalue weighted by Crippen LogP contribution is -2.06. The molecule has 0 saturated heterocycles. The zero-order valence-corrected chi connectivity index (χ0v) is 16.8. The van der Waals surface area contributed by atoms with E-state index >= 15 is 0 Å². The third kappa shape index (κ3) is 3.93. The highest BCUT2D eigenvalue weighted by Gasteiger charge is 2.16. The second-order valence-corrected chi connectivity index (χ2v) is 6.99. The van der Waals surface area contributed by atoms with Crippen molar-refractivity contribution < 1.29 is 19.0 Å². The molecule has 0 fully saturated rings. The molecular weight excluding hydrogens is 390 g/mol. The predicted octanol–water partition coefficient (Wildman–Crippen LogP) is 4.45. The summed E-state index contributed by atoms with van der Waals surface area (Å²) in [7, 11) is 1.60.